The third kappa shape index (κ3) is 6.15. The molecule has 1 unspecified atom stereocenters. The molecule has 1 saturated heterocycles. The Morgan fingerprint density at radius 2 is 1.79 bits per heavy atom. The molecule has 3 rings (SSSR count). The fraction of sp³-hybridized carbons (Fsp3) is 0.409. The van der Waals surface area contributed by atoms with E-state index in [0.717, 1.165) is 11.6 Å². The van der Waals surface area contributed by atoms with Crippen LogP contribution in [0.2, 0.25) is 0 Å². The second-order valence-corrected chi connectivity index (χ2v) is 6.61. The SMILES string of the molecule is CC.CN(c1cc(F)cc(F)c1)C1CCN(C(=O)COc2ccc(CO)cc2)C1. The number of carbonyl (C=O) groups is 1. The Kier molecular flexibility index (Phi) is 8.39. The number of halogens is 2. The van der Waals surface area contributed by atoms with Gasteiger partial charge < -0.3 is 19.6 Å². The molecule has 5 nitrogen and oxygen atoms in total. The van der Waals surface area contributed by atoms with Crippen molar-refractivity contribution in [3.05, 3.63) is 59.7 Å². The highest BCUT2D eigenvalue weighted by molar-refractivity contribution is 5.78. The minimum atomic E-state index is -0.622. The number of nitrogens with zero attached hydrogens (tertiary/aromatic N) is 2. The van der Waals surface area contributed by atoms with Crippen molar-refractivity contribution in [2.75, 3.05) is 31.6 Å². The average molecular weight is 406 g/mol. The average Bonchev–Trinajstić information content (AvgIpc) is 3.23. The molecule has 1 heterocycles. The van der Waals surface area contributed by atoms with E-state index < -0.39 is 11.6 Å². The van der Waals surface area contributed by atoms with Crippen LogP contribution in [0.4, 0.5) is 14.5 Å². The lowest BCUT2D eigenvalue weighted by Gasteiger charge is -2.27. The standard InChI is InChI=1S/C20H22F2N2O3.C2H6/c1-23(18-9-15(21)8-16(22)10-18)17-6-7-24(11-17)20(26)13-27-19-4-2-14(12-25)3-5-19;1-2/h2-5,8-10,17,25H,6-7,11-13H2,1H3;1-2H3. The molecule has 0 bridgehead atoms. The van der Waals surface area contributed by atoms with Crippen LogP contribution in [0.15, 0.2) is 42.5 Å². The van der Waals surface area contributed by atoms with Gasteiger partial charge in [-0.25, -0.2) is 8.78 Å². The molecule has 0 saturated carbocycles. The molecule has 29 heavy (non-hydrogen) atoms. The minimum absolute atomic E-state index is 0.0148. The van der Waals surface area contributed by atoms with Gasteiger partial charge in [0.15, 0.2) is 6.61 Å². The van der Waals surface area contributed by atoms with Gasteiger partial charge in [0.25, 0.3) is 5.91 Å². The van der Waals surface area contributed by atoms with Gasteiger partial charge in [0, 0.05) is 37.9 Å². The zero-order valence-corrected chi connectivity index (χ0v) is 17.1. The summed E-state index contributed by atoms with van der Waals surface area (Å²) in [6, 6.07) is 10.3. The molecule has 1 aliphatic rings. The number of amides is 1. The van der Waals surface area contributed by atoms with E-state index in [2.05, 4.69) is 0 Å². The Morgan fingerprint density at radius 3 is 2.38 bits per heavy atom. The number of rotatable bonds is 6. The first-order chi connectivity index (χ1) is 14.0. The Hall–Kier alpha value is -2.67. The Morgan fingerprint density at radius 1 is 1.17 bits per heavy atom. The van der Waals surface area contributed by atoms with E-state index in [9.17, 15) is 13.6 Å². The molecule has 1 aliphatic heterocycles. The van der Waals surface area contributed by atoms with Gasteiger partial charge >= 0.3 is 0 Å². The zero-order valence-electron chi connectivity index (χ0n) is 17.1. The second-order valence-electron chi connectivity index (χ2n) is 6.61. The molecule has 1 amide bonds. The van der Waals surface area contributed by atoms with Gasteiger partial charge in [-0.2, -0.15) is 0 Å². The maximum atomic E-state index is 13.4. The maximum absolute atomic E-state index is 13.4. The number of likely N-dealkylation sites (N-methyl/N-ethyl adjacent to an activating group) is 1. The zero-order chi connectivity index (χ0) is 21.4. The quantitative estimate of drug-likeness (QED) is 0.797. The fourth-order valence-corrected chi connectivity index (χ4v) is 3.17. The van der Waals surface area contributed by atoms with Gasteiger partial charge in [0.1, 0.15) is 17.4 Å². The topological polar surface area (TPSA) is 53.0 Å². The van der Waals surface area contributed by atoms with Crippen LogP contribution < -0.4 is 9.64 Å². The van der Waals surface area contributed by atoms with Crippen LogP contribution in [0.5, 0.6) is 5.75 Å². The maximum Gasteiger partial charge on any atom is 0.260 e. The van der Waals surface area contributed by atoms with Gasteiger partial charge in [0.2, 0.25) is 0 Å². The number of benzene rings is 2. The first-order valence-corrected chi connectivity index (χ1v) is 9.75. The summed E-state index contributed by atoms with van der Waals surface area (Å²) in [6.45, 7) is 4.92. The van der Waals surface area contributed by atoms with Gasteiger partial charge in [0.05, 0.1) is 6.61 Å². The Balaban J connectivity index is 0.00000145. The van der Waals surface area contributed by atoms with Crippen molar-refractivity contribution in [2.24, 2.45) is 0 Å². The smallest absolute Gasteiger partial charge is 0.260 e. The summed E-state index contributed by atoms with van der Waals surface area (Å²) in [4.78, 5) is 15.9. The molecule has 1 atom stereocenters. The van der Waals surface area contributed by atoms with Crippen LogP contribution in [0.3, 0.4) is 0 Å². The van der Waals surface area contributed by atoms with E-state index in [-0.39, 0.29) is 25.2 Å². The summed E-state index contributed by atoms with van der Waals surface area (Å²) in [5.41, 5.74) is 1.22. The van der Waals surface area contributed by atoms with Crippen molar-refractivity contribution in [3.8, 4) is 5.75 Å². The lowest BCUT2D eigenvalue weighted by molar-refractivity contribution is -0.132. The lowest BCUT2D eigenvalue weighted by Crippen LogP contribution is -2.38. The van der Waals surface area contributed by atoms with Crippen LogP contribution in [-0.4, -0.2) is 48.7 Å². The fourth-order valence-electron chi connectivity index (χ4n) is 3.17. The molecule has 1 N–H and O–H groups in total. The number of aliphatic hydroxyl groups excluding tert-OH is 1. The van der Waals surface area contributed by atoms with Crippen LogP contribution in [0, 0.1) is 11.6 Å². The molecule has 0 radical (unpaired) electrons. The number of likely N-dealkylation sites (tertiary alicyclic amines) is 1. The molecule has 158 valence electrons. The van der Waals surface area contributed by atoms with Crippen molar-refractivity contribution in [1.29, 1.82) is 0 Å². The summed E-state index contributed by atoms with van der Waals surface area (Å²) in [6.07, 6.45) is 0.714. The first kappa shape index (κ1) is 22.6. The van der Waals surface area contributed by atoms with Crippen molar-refractivity contribution in [2.45, 2.75) is 32.9 Å². The van der Waals surface area contributed by atoms with Crippen LogP contribution in [0.1, 0.15) is 25.8 Å². The second kappa shape index (κ2) is 10.8. The molecule has 7 heteroatoms. The summed E-state index contributed by atoms with van der Waals surface area (Å²) in [7, 11) is 1.77. The van der Waals surface area contributed by atoms with Crippen molar-refractivity contribution >= 4 is 11.6 Å². The number of anilines is 1. The summed E-state index contributed by atoms with van der Waals surface area (Å²) < 4.78 is 32.4. The molecular weight excluding hydrogens is 378 g/mol. The summed E-state index contributed by atoms with van der Waals surface area (Å²) in [5.74, 6) is -0.821. The molecule has 2 aromatic rings. The molecular formula is C22H28F2N2O3. The summed E-state index contributed by atoms with van der Waals surface area (Å²) >= 11 is 0. The Labute approximate surface area is 170 Å². The van der Waals surface area contributed by atoms with E-state index in [4.69, 9.17) is 9.84 Å². The number of hydrogen-bond donors (Lipinski definition) is 1. The van der Waals surface area contributed by atoms with Crippen LogP contribution in [-0.2, 0) is 11.4 Å². The van der Waals surface area contributed by atoms with Crippen molar-refractivity contribution < 1.29 is 23.4 Å². The summed E-state index contributed by atoms with van der Waals surface area (Å²) in [5, 5.41) is 9.03. The van der Waals surface area contributed by atoms with Gasteiger partial charge in [-0.1, -0.05) is 26.0 Å². The van der Waals surface area contributed by atoms with Crippen molar-refractivity contribution in [3.63, 3.8) is 0 Å². The monoisotopic (exact) mass is 406 g/mol. The van der Waals surface area contributed by atoms with Gasteiger partial charge in [-0.15, -0.1) is 0 Å². The predicted octanol–water partition coefficient (Wildman–Crippen LogP) is 3.60. The number of ether oxygens (including phenoxy) is 1. The minimum Gasteiger partial charge on any atom is -0.484 e. The van der Waals surface area contributed by atoms with E-state index in [1.165, 1.54) is 12.1 Å². The predicted molar refractivity (Wildman–Crippen MR) is 109 cm³/mol. The number of hydrogen-bond acceptors (Lipinski definition) is 4. The third-order valence-electron chi connectivity index (χ3n) is 4.79. The van der Waals surface area contributed by atoms with Crippen LogP contribution in [0.25, 0.3) is 0 Å². The largest absolute Gasteiger partial charge is 0.484 e. The Bertz CT molecular complexity index is 779. The van der Waals surface area contributed by atoms with E-state index in [1.807, 2.05) is 13.8 Å². The van der Waals surface area contributed by atoms with Gasteiger partial charge in [-0.3, -0.25) is 4.79 Å². The molecule has 1 fully saturated rings. The van der Waals surface area contributed by atoms with Crippen LogP contribution >= 0.6 is 0 Å². The third-order valence-corrected chi connectivity index (χ3v) is 4.79. The first-order valence-electron chi connectivity index (χ1n) is 9.75. The number of carbonyl (C=O) groups excluding carboxylic acids is 1. The van der Waals surface area contributed by atoms with Gasteiger partial charge in [-0.05, 0) is 36.2 Å². The molecule has 0 aliphatic carbocycles. The highest BCUT2D eigenvalue weighted by Gasteiger charge is 2.29. The molecule has 2 aromatic carbocycles. The van der Waals surface area contributed by atoms with E-state index >= 15 is 0 Å². The molecule has 0 aromatic heterocycles. The highest BCUT2D eigenvalue weighted by atomic mass is 19.1. The van der Waals surface area contributed by atoms with Crippen molar-refractivity contribution in [1.82, 2.24) is 4.90 Å². The normalized spacial score (nSPS) is 15.5. The van der Waals surface area contributed by atoms with E-state index in [0.29, 0.717) is 30.9 Å². The highest BCUT2D eigenvalue weighted by Crippen LogP contribution is 2.23. The molecule has 0 spiro atoms. The lowest BCUT2D eigenvalue weighted by atomic mass is 10.2. The van der Waals surface area contributed by atoms with E-state index in [1.54, 1.807) is 41.1 Å². The number of aliphatic hydroxyl groups is 1.